The number of carbonyl (C=O) groups excluding carboxylic acids is 1. The molecule has 0 spiro atoms. The number of carbonyl (C=O) groups is 1. The molecule has 1 aliphatic rings. The number of hydrogen-bond acceptors (Lipinski definition) is 4. The van der Waals surface area contributed by atoms with Crippen LogP contribution in [0.3, 0.4) is 0 Å². The van der Waals surface area contributed by atoms with Gasteiger partial charge >= 0.3 is 5.97 Å². The Morgan fingerprint density at radius 3 is 2.68 bits per heavy atom. The van der Waals surface area contributed by atoms with Crippen LogP contribution in [-0.2, 0) is 16.1 Å². The summed E-state index contributed by atoms with van der Waals surface area (Å²) >= 11 is 0. The Morgan fingerprint density at radius 1 is 1.42 bits per heavy atom. The first-order valence-electron chi connectivity index (χ1n) is 6.43. The molecule has 1 aromatic carbocycles. The lowest BCUT2D eigenvalue weighted by atomic mass is 9.99. The fraction of sp³-hybridized carbons (Fsp3) is 0.467. The number of ether oxygens (including phenoxy) is 1. The lowest BCUT2D eigenvalue weighted by Gasteiger charge is -2.15. The molecule has 0 aromatic heterocycles. The van der Waals surface area contributed by atoms with E-state index in [0.717, 1.165) is 25.2 Å². The van der Waals surface area contributed by atoms with Gasteiger partial charge in [0.2, 0.25) is 0 Å². The van der Waals surface area contributed by atoms with Crippen LogP contribution in [-0.4, -0.2) is 31.1 Å². The highest BCUT2D eigenvalue weighted by atomic mass is 16.5. The van der Waals surface area contributed by atoms with Crippen LogP contribution < -0.4 is 0 Å². The molecule has 1 fully saturated rings. The van der Waals surface area contributed by atoms with Crippen molar-refractivity contribution in [3.63, 3.8) is 0 Å². The highest BCUT2D eigenvalue weighted by molar-refractivity contribution is 5.73. The Kier molecular flexibility index (Phi) is 4.18. The van der Waals surface area contributed by atoms with Crippen molar-refractivity contribution in [2.45, 2.75) is 13.5 Å². The van der Waals surface area contributed by atoms with Crippen molar-refractivity contribution < 1.29 is 9.53 Å². The van der Waals surface area contributed by atoms with E-state index in [1.165, 1.54) is 7.11 Å². The Labute approximate surface area is 113 Å². The van der Waals surface area contributed by atoms with Crippen LogP contribution >= 0.6 is 0 Å². The van der Waals surface area contributed by atoms with Gasteiger partial charge in [0, 0.05) is 19.6 Å². The van der Waals surface area contributed by atoms with Gasteiger partial charge in [0.05, 0.1) is 24.7 Å². The molecule has 4 nitrogen and oxygen atoms in total. The molecular weight excluding hydrogens is 240 g/mol. The van der Waals surface area contributed by atoms with Crippen molar-refractivity contribution in [3.05, 3.63) is 35.4 Å². The molecule has 1 saturated heterocycles. The molecule has 1 aromatic rings. The molecule has 2 unspecified atom stereocenters. The monoisotopic (exact) mass is 258 g/mol. The highest BCUT2D eigenvalue weighted by Crippen LogP contribution is 2.25. The number of methoxy groups -OCH3 is 1. The minimum absolute atomic E-state index is 0.0246. The average molecular weight is 258 g/mol. The number of benzene rings is 1. The second-order valence-corrected chi connectivity index (χ2v) is 5.11. The zero-order chi connectivity index (χ0) is 13.8. The molecule has 4 heteroatoms. The third-order valence-corrected chi connectivity index (χ3v) is 3.68. The molecule has 0 radical (unpaired) electrons. The molecule has 19 heavy (non-hydrogen) atoms. The quantitative estimate of drug-likeness (QED) is 0.776. The van der Waals surface area contributed by atoms with Gasteiger partial charge in [-0.25, -0.2) is 0 Å². The number of rotatable bonds is 3. The van der Waals surface area contributed by atoms with Crippen molar-refractivity contribution in [1.82, 2.24) is 4.90 Å². The summed E-state index contributed by atoms with van der Waals surface area (Å²) in [5.74, 6) is 0.184. The molecule has 2 atom stereocenters. The summed E-state index contributed by atoms with van der Waals surface area (Å²) in [5, 5.41) is 8.76. The van der Waals surface area contributed by atoms with E-state index in [9.17, 15) is 4.79 Å². The van der Waals surface area contributed by atoms with E-state index in [1.807, 2.05) is 24.3 Å². The van der Waals surface area contributed by atoms with Crippen molar-refractivity contribution in [2.75, 3.05) is 20.2 Å². The Hall–Kier alpha value is -1.86. The van der Waals surface area contributed by atoms with Crippen molar-refractivity contribution in [3.8, 4) is 6.07 Å². The smallest absolute Gasteiger partial charge is 0.310 e. The third-order valence-electron chi connectivity index (χ3n) is 3.68. The molecule has 100 valence electrons. The molecule has 2 rings (SSSR count). The summed E-state index contributed by atoms with van der Waals surface area (Å²) in [7, 11) is 1.44. The van der Waals surface area contributed by atoms with Crippen LogP contribution in [0.15, 0.2) is 24.3 Å². The number of nitriles is 1. The van der Waals surface area contributed by atoms with Gasteiger partial charge in [-0.1, -0.05) is 19.1 Å². The zero-order valence-electron chi connectivity index (χ0n) is 11.3. The van der Waals surface area contributed by atoms with Crippen LogP contribution in [0.5, 0.6) is 0 Å². The molecule has 0 N–H and O–H groups in total. The minimum Gasteiger partial charge on any atom is -0.469 e. The van der Waals surface area contributed by atoms with Gasteiger partial charge in [0.15, 0.2) is 0 Å². The number of likely N-dealkylation sites (tertiary alicyclic amines) is 1. The number of hydrogen-bond donors (Lipinski definition) is 0. The molecule has 0 amide bonds. The van der Waals surface area contributed by atoms with E-state index in [2.05, 4.69) is 17.9 Å². The van der Waals surface area contributed by atoms with E-state index in [-0.39, 0.29) is 11.9 Å². The highest BCUT2D eigenvalue weighted by Gasteiger charge is 2.35. The van der Waals surface area contributed by atoms with Crippen LogP contribution in [0, 0.1) is 23.2 Å². The Bertz CT molecular complexity index is 490. The van der Waals surface area contributed by atoms with E-state index < -0.39 is 0 Å². The molecule has 1 aliphatic heterocycles. The first kappa shape index (κ1) is 13.6. The zero-order valence-corrected chi connectivity index (χ0v) is 11.3. The van der Waals surface area contributed by atoms with E-state index in [4.69, 9.17) is 10.00 Å². The molecule has 0 aliphatic carbocycles. The van der Waals surface area contributed by atoms with Gasteiger partial charge in [-0.3, -0.25) is 9.69 Å². The molecular formula is C15H18N2O2. The van der Waals surface area contributed by atoms with Gasteiger partial charge in [-0.2, -0.15) is 5.26 Å². The van der Waals surface area contributed by atoms with E-state index >= 15 is 0 Å². The van der Waals surface area contributed by atoms with Gasteiger partial charge in [0.25, 0.3) is 0 Å². The van der Waals surface area contributed by atoms with E-state index in [0.29, 0.717) is 11.5 Å². The van der Waals surface area contributed by atoms with Crippen LogP contribution in [0.1, 0.15) is 18.1 Å². The Morgan fingerprint density at radius 2 is 2.11 bits per heavy atom. The lowest BCUT2D eigenvalue weighted by molar-refractivity contribution is -0.146. The predicted octanol–water partition coefficient (Wildman–Crippen LogP) is 1.80. The first-order valence-corrected chi connectivity index (χ1v) is 6.43. The summed E-state index contributed by atoms with van der Waals surface area (Å²) in [6, 6.07) is 9.70. The summed E-state index contributed by atoms with van der Waals surface area (Å²) in [6.07, 6.45) is 0. The van der Waals surface area contributed by atoms with Gasteiger partial charge in [-0.05, 0) is 23.6 Å². The minimum atomic E-state index is -0.116. The topological polar surface area (TPSA) is 53.3 Å². The molecule has 1 heterocycles. The standard InChI is InChI=1S/C15H18N2O2/c1-11-8-17(10-14(11)15(18)19-2)9-13-5-3-12(7-16)4-6-13/h3-6,11,14H,8-10H2,1-2H3. The van der Waals surface area contributed by atoms with Crippen molar-refractivity contribution >= 4 is 5.97 Å². The maximum atomic E-state index is 11.6. The largest absolute Gasteiger partial charge is 0.469 e. The van der Waals surface area contributed by atoms with Crippen LogP contribution in [0.25, 0.3) is 0 Å². The summed E-state index contributed by atoms with van der Waals surface area (Å²) in [6.45, 7) is 4.54. The van der Waals surface area contributed by atoms with Gasteiger partial charge in [-0.15, -0.1) is 0 Å². The predicted molar refractivity (Wildman–Crippen MR) is 71.1 cm³/mol. The maximum Gasteiger partial charge on any atom is 0.310 e. The fourth-order valence-corrected chi connectivity index (χ4v) is 2.60. The fourth-order valence-electron chi connectivity index (χ4n) is 2.60. The lowest BCUT2D eigenvalue weighted by Crippen LogP contribution is -2.24. The molecule has 0 saturated carbocycles. The molecule has 0 bridgehead atoms. The summed E-state index contributed by atoms with van der Waals surface area (Å²) in [4.78, 5) is 13.9. The van der Waals surface area contributed by atoms with Gasteiger partial charge < -0.3 is 4.74 Å². The maximum absolute atomic E-state index is 11.6. The second kappa shape index (κ2) is 5.85. The van der Waals surface area contributed by atoms with E-state index in [1.54, 1.807) is 0 Å². The van der Waals surface area contributed by atoms with Crippen molar-refractivity contribution in [1.29, 1.82) is 5.26 Å². The third kappa shape index (κ3) is 3.12. The normalized spacial score (nSPS) is 23.0. The summed E-state index contributed by atoms with van der Waals surface area (Å²) < 4.78 is 4.83. The van der Waals surface area contributed by atoms with Crippen LogP contribution in [0.2, 0.25) is 0 Å². The number of esters is 1. The van der Waals surface area contributed by atoms with Crippen molar-refractivity contribution in [2.24, 2.45) is 11.8 Å². The van der Waals surface area contributed by atoms with Gasteiger partial charge in [0.1, 0.15) is 0 Å². The second-order valence-electron chi connectivity index (χ2n) is 5.11. The Balaban J connectivity index is 1.97. The number of nitrogens with zero attached hydrogens (tertiary/aromatic N) is 2. The summed E-state index contributed by atoms with van der Waals surface area (Å²) in [5.41, 5.74) is 1.84. The first-order chi connectivity index (χ1) is 9.13. The SMILES string of the molecule is COC(=O)C1CN(Cc2ccc(C#N)cc2)CC1C. The average Bonchev–Trinajstić information content (AvgIpc) is 2.79. The van der Waals surface area contributed by atoms with Crippen LogP contribution in [0.4, 0.5) is 0 Å².